The van der Waals surface area contributed by atoms with E-state index < -0.39 is 0 Å². The van der Waals surface area contributed by atoms with Crippen molar-refractivity contribution >= 4 is 17.3 Å². The van der Waals surface area contributed by atoms with Crippen molar-refractivity contribution in [3.8, 4) is 0 Å². The van der Waals surface area contributed by atoms with Crippen molar-refractivity contribution in [2.24, 2.45) is 5.73 Å². The van der Waals surface area contributed by atoms with Crippen LogP contribution < -0.4 is 11.1 Å². The zero-order valence-corrected chi connectivity index (χ0v) is 10.5. The van der Waals surface area contributed by atoms with Gasteiger partial charge in [0, 0.05) is 24.0 Å². The molecule has 0 saturated heterocycles. The third kappa shape index (κ3) is 2.25. The Morgan fingerprint density at radius 3 is 2.79 bits per heavy atom. The Balaban J connectivity index is 1.97. The number of nitrogens with one attached hydrogen (secondary N) is 1. The number of nitrogens with two attached hydrogens (primary N) is 1. The summed E-state index contributed by atoms with van der Waals surface area (Å²) in [4.78, 5) is 8.39. The summed E-state index contributed by atoms with van der Waals surface area (Å²) in [5.74, 6) is 1.42. The average molecular weight is 254 g/mol. The molecule has 2 heterocycles. The lowest BCUT2D eigenvalue weighted by molar-refractivity contribution is 0.937. The highest BCUT2D eigenvalue weighted by Crippen LogP contribution is 2.17. The van der Waals surface area contributed by atoms with Crippen LogP contribution in [0.3, 0.4) is 0 Å². The first-order valence-electron chi connectivity index (χ1n) is 5.99. The minimum Gasteiger partial charge on any atom is -0.340 e. The second-order valence-electron chi connectivity index (χ2n) is 4.28. The van der Waals surface area contributed by atoms with Crippen molar-refractivity contribution < 1.29 is 0 Å². The summed E-state index contributed by atoms with van der Waals surface area (Å²) in [7, 11) is 0. The number of aryl methyl sites for hydroxylation is 1. The van der Waals surface area contributed by atoms with Gasteiger partial charge in [0.25, 0.3) is 5.78 Å². The molecule has 3 N–H and O–H groups in total. The predicted molar refractivity (Wildman–Crippen MR) is 73.1 cm³/mol. The van der Waals surface area contributed by atoms with E-state index in [9.17, 15) is 0 Å². The first-order chi connectivity index (χ1) is 9.26. The summed E-state index contributed by atoms with van der Waals surface area (Å²) in [6.45, 7) is 2.47. The summed E-state index contributed by atoms with van der Waals surface area (Å²) in [6.07, 6.45) is 1.49. The normalized spacial score (nSPS) is 10.8. The predicted octanol–water partition coefficient (Wildman–Crippen LogP) is 1.64. The topological polar surface area (TPSA) is 81.1 Å². The molecule has 19 heavy (non-hydrogen) atoms. The van der Waals surface area contributed by atoms with Gasteiger partial charge in [-0.25, -0.2) is 4.98 Å². The third-order valence-corrected chi connectivity index (χ3v) is 2.84. The number of nitrogens with zero attached hydrogens (tertiary/aromatic N) is 4. The molecule has 0 unspecified atom stereocenters. The quantitative estimate of drug-likeness (QED) is 0.742. The number of rotatable bonds is 3. The van der Waals surface area contributed by atoms with Crippen molar-refractivity contribution in [2.75, 3.05) is 5.32 Å². The smallest absolute Gasteiger partial charge is 0.254 e. The Kier molecular flexibility index (Phi) is 2.85. The van der Waals surface area contributed by atoms with Gasteiger partial charge >= 0.3 is 0 Å². The zero-order valence-electron chi connectivity index (χ0n) is 10.5. The molecule has 2 aromatic heterocycles. The first-order valence-corrected chi connectivity index (χ1v) is 5.99. The minimum atomic E-state index is 0.544. The van der Waals surface area contributed by atoms with Crippen LogP contribution in [0.15, 0.2) is 36.7 Å². The van der Waals surface area contributed by atoms with Gasteiger partial charge in [-0.15, -0.1) is 0 Å². The fraction of sp³-hybridized carbons (Fsp3) is 0.154. The summed E-state index contributed by atoms with van der Waals surface area (Å²) < 4.78 is 1.67. The summed E-state index contributed by atoms with van der Waals surface area (Å²) in [5, 5.41) is 7.46. The van der Waals surface area contributed by atoms with Crippen LogP contribution in [-0.4, -0.2) is 19.6 Å². The molecule has 0 atom stereocenters. The Morgan fingerprint density at radius 1 is 1.26 bits per heavy atom. The van der Waals surface area contributed by atoms with Crippen molar-refractivity contribution in [3.05, 3.63) is 47.9 Å². The Bertz CT molecular complexity index is 701. The molecular formula is C13H14N6. The third-order valence-electron chi connectivity index (χ3n) is 2.84. The summed E-state index contributed by atoms with van der Waals surface area (Å²) in [5.41, 5.74) is 8.54. The lowest BCUT2D eigenvalue weighted by Crippen LogP contribution is -2.03. The van der Waals surface area contributed by atoms with Gasteiger partial charge in [0.2, 0.25) is 0 Å². The van der Waals surface area contributed by atoms with Crippen LogP contribution in [0.2, 0.25) is 0 Å². The Labute approximate surface area is 110 Å². The molecule has 0 aliphatic carbocycles. The van der Waals surface area contributed by atoms with Gasteiger partial charge < -0.3 is 11.1 Å². The van der Waals surface area contributed by atoms with Crippen LogP contribution in [-0.2, 0) is 6.54 Å². The maximum Gasteiger partial charge on any atom is 0.254 e. The molecule has 0 bridgehead atoms. The molecule has 96 valence electrons. The number of hydrogen-bond donors (Lipinski definition) is 2. The lowest BCUT2D eigenvalue weighted by atomic mass is 10.2. The SMILES string of the molecule is Cc1cc(Nc2ccc(CN)cc2)n2ncnc2n1. The van der Waals surface area contributed by atoms with E-state index in [4.69, 9.17) is 5.73 Å². The van der Waals surface area contributed by atoms with Gasteiger partial charge in [-0.1, -0.05) is 12.1 Å². The van der Waals surface area contributed by atoms with Gasteiger partial charge in [-0.05, 0) is 24.6 Å². The second-order valence-corrected chi connectivity index (χ2v) is 4.28. The largest absolute Gasteiger partial charge is 0.340 e. The van der Waals surface area contributed by atoms with Crippen LogP contribution in [0.4, 0.5) is 11.5 Å². The Morgan fingerprint density at radius 2 is 2.05 bits per heavy atom. The van der Waals surface area contributed by atoms with Crippen molar-refractivity contribution in [2.45, 2.75) is 13.5 Å². The van der Waals surface area contributed by atoms with Gasteiger partial charge in [0.05, 0.1) is 0 Å². The molecule has 6 heteroatoms. The molecule has 0 radical (unpaired) electrons. The van der Waals surface area contributed by atoms with E-state index in [1.807, 2.05) is 37.3 Å². The van der Waals surface area contributed by atoms with E-state index in [1.165, 1.54) is 6.33 Å². The molecule has 0 aliphatic heterocycles. The molecule has 3 aromatic rings. The van der Waals surface area contributed by atoms with Gasteiger partial charge in [0.15, 0.2) is 0 Å². The number of fused-ring (bicyclic) bond motifs is 1. The molecule has 1 aromatic carbocycles. The van der Waals surface area contributed by atoms with E-state index in [0.717, 1.165) is 22.8 Å². The van der Waals surface area contributed by atoms with Crippen LogP contribution >= 0.6 is 0 Å². The maximum absolute atomic E-state index is 5.58. The first kappa shape index (κ1) is 11.6. The highest BCUT2D eigenvalue weighted by Gasteiger charge is 2.05. The minimum absolute atomic E-state index is 0.544. The van der Waals surface area contributed by atoms with Crippen LogP contribution in [0.5, 0.6) is 0 Å². The molecule has 0 aliphatic rings. The average Bonchev–Trinajstić information content (AvgIpc) is 2.88. The van der Waals surface area contributed by atoms with E-state index >= 15 is 0 Å². The molecule has 0 amide bonds. The second kappa shape index (κ2) is 4.66. The van der Waals surface area contributed by atoms with Gasteiger partial charge in [-0.3, -0.25) is 0 Å². The molecular weight excluding hydrogens is 240 g/mol. The van der Waals surface area contributed by atoms with E-state index in [-0.39, 0.29) is 0 Å². The van der Waals surface area contributed by atoms with Crippen molar-refractivity contribution in [1.29, 1.82) is 0 Å². The lowest BCUT2D eigenvalue weighted by Gasteiger charge is -2.09. The van der Waals surface area contributed by atoms with E-state index in [2.05, 4.69) is 20.4 Å². The summed E-state index contributed by atoms with van der Waals surface area (Å²) in [6, 6.07) is 9.89. The van der Waals surface area contributed by atoms with Crippen molar-refractivity contribution in [1.82, 2.24) is 19.6 Å². The van der Waals surface area contributed by atoms with E-state index in [1.54, 1.807) is 4.52 Å². The number of hydrogen-bond acceptors (Lipinski definition) is 5. The molecule has 0 saturated carbocycles. The fourth-order valence-electron chi connectivity index (χ4n) is 1.89. The number of benzene rings is 1. The van der Waals surface area contributed by atoms with Gasteiger partial charge in [-0.2, -0.15) is 14.6 Å². The van der Waals surface area contributed by atoms with E-state index in [0.29, 0.717) is 12.3 Å². The van der Waals surface area contributed by atoms with Crippen LogP contribution in [0.1, 0.15) is 11.3 Å². The molecule has 0 spiro atoms. The molecule has 0 fully saturated rings. The summed E-state index contributed by atoms with van der Waals surface area (Å²) >= 11 is 0. The Hall–Kier alpha value is -2.47. The van der Waals surface area contributed by atoms with Crippen LogP contribution in [0, 0.1) is 6.92 Å². The highest BCUT2D eigenvalue weighted by molar-refractivity contribution is 5.58. The standard InChI is InChI=1S/C13H14N6/c1-9-6-12(19-13(17-9)15-8-16-19)18-11-4-2-10(7-14)3-5-11/h2-6,8,18H,7,14H2,1H3. The molecule has 3 rings (SSSR count). The number of aromatic nitrogens is 4. The highest BCUT2D eigenvalue weighted by atomic mass is 15.3. The van der Waals surface area contributed by atoms with Crippen LogP contribution in [0.25, 0.3) is 5.78 Å². The monoisotopic (exact) mass is 254 g/mol. The number of anilines is 2. The maximum atomic E-state index is 5.58. The zero-order chi connectivity index (χ0) is 13.2. The van der Waals surface area contributed by atoms with Gasteiger partial charge in [0.1, 0.15) is 12.1 Å². The molecule has 6 nitrogen and oxygen atoms in total. The fourth-order valence-corrected chi connectivity index (χ4v) is 1.89. The van der Waals surface area contributed by atoms with Crippen molar-refractivity contribution in [3.63, 3.8) is 0 Å².